The summed E-state index contributed by atoms with van der Waals surface area (Å²) in [6, 6.07) is 20.2. The summed E-state index contributed by atoms with van der Waals surface area (Å²) in [5.74, 6) is -0.217. The lowest BCUT2D eigenvalue weighted by Crippen LogP contribution is -2.30. The molecule has 0 aromatic heterocycles. The minimum Gasteiger partial charge on any atom is -0.345 e. The summed E-state index contributed by atoms with van der Waals surface area (Å²) in [6.45, 7) is 2.88. The molecule has 0 saturated heterocycles. The van der Waals surface area contributed by atoms with Gasteiger partial charge in [0.1, 0.15) is 0 Å². The van der Waals surface area contributed by atoms with Crippen LogP contribution in [0.2, 0.25) is 0 Å². The molecule has 0 N–H and O–H groups in total. The minimum atomic E-state index is -0.123. The number of carbonyl (C=O) groups is 3. The summed E-state index contributed by atoms with van der Waals surface area (Å²) in [5, 5.41) is 0. The molecule has 0 saturated carbocycles. The van der Waals surface area contributed by atoms with Crippen LogP contribution in [0.3, 0.4) is 0 Å². The van der Waals surface area contributed by atoms with Gasteiger partial charge >= 0.3 is 0 Å². The standard InChI is InChI=1S/C26H24N2O3/c1-4-28(16-17-9-11-18(12-10-17)25(30)27(2)3)26(31)19-13-14-21-20-7-5-6-8-22(20)24(29)23(21)15-19/h5-15H,4,16H2,1-3H3. The molecule has 2 amide bonds. The molecule has 0 aliphatic heterocycles. The molecule has 0 heterocycles. The van der Waals surface area contributed by atoms with Crippen LogP contribution >= 0.6 is 0 Å². The Bertz CT molecular complexity index is 1180. The number of carbonyl (C=O) groups excluding carboxylic acids is 3. The number of amides is 2. The Morgan fingerprint density at radius 1 is 0.742 bits per heavy atom. The van der Waals surface area contributed by atoms with E-state index in [4.69, 9.17) is 0 Å². The molecule has 5 nitrogen and oxygen atoms in total. The van der Waals surface area contributed by atoms with Crippen molar-refractivity contribution in [2.75, 3.05) is 20.6 Å². The SMILES string of the molecule is CCN(Cc1ccc(C(=O)N(C)C)cc1)C(=O)c1ccc2c(c1)C(=O)c1ccccc1-2. The second-order valence-electron chi connectivity index (χ2n) is 7.85. The highest BCUT2D eigenvalue weighted by molar-refractivity contribution is 6.22. The molecule has 3 aromatic rings. The van der Waals surface area contributed by atoms with Crippen molar-refractivity contribution < 1.29 is 14.4 Å². The Morgan fingerprint density at radius 3 is 2.00 bits per heavy atom. The van der Waals surface area contributed by atoms with Crippen molar-refractivity contribution >= 4 is 17.6 Å². The average Bonchev–Trinajstić information content (AvgIpc) is 3.08. The van der Waals surface area contributed by atoms with Crippen molar-refractivity contribution in [2.24, 2.45) is 0 Å². The molecule has 0 fully saturated rings. The number of benzene rings is 3. The number of ketones is 1. The van der Waals surface area contributed by atoms with Crippen LogP contribution in [0.4, 0.5) is 0 Å². The molecule has 1 aliphatic carbocycles. The van der Waals surface area contributed by atoms with Crippen LogP contribution in [0.5, 0.6) is 0 Å². The van der Waals surface area contributed by atoms with Gasteiger partial charge < -0.3 is 9.80 Å². The van der Waals surface area contributed by atoms with Crippen molar-refractivity contribution in [3.05, 3.63) is 94.5 Å². The van der Waals surface area contributed by atoms with E-state index in [0.29, 0.717) is 35.3 Å². The largest absolute Gasteiger partial charge is 0.345 e. The predicted octanol–water partition coefficient (Wildman–Crippen LogP) is 4.26. The zero-order valence-electron chi connectivity index (χ0n) is 17.9. The third-order valence-electron chi connectivity index (χ3n) is 5.62. The summed E-state index contributed by atoms with van der Waals surface area (Å²) in [5.41, 5.74) is 5.11. The maximum absolute atomic E-state index is 13.2. The molecular formula is C26H24N2O3. The van der Waals surface area contributed by atoms with E-state index in [1.54, 1.807) is 43.3 Å². The van der Waals surface area contributed by atoms with Crippen molar-refractivity contribution in [1.29, 1.82) is 0 Å². The van der Waals surface area contributed by atoms with Gasteiger partial charge in [0, 0.05) is 49.4 Å². The predicted molar refractivity (Wildman–Crippen MR) is 120 cm³/mol. The highest BCUT2D eigenvalue weighted by Gasteiger charge is 2.27. The first-order chi connectivity index (χ1) is 14.9. The van der Waals surface area contributed by atoms with Crippen LogP contribution < -0.4 is 0 Å². The Hall–Kier alpha value is -3.73. The summed E-state index contributed by atoms with van der Waals surface area (Å²) in [4.78, 5) is 41.3. The first-order valence-corrected chi connectivity index (χ1v) is 10.3. The van der Waals surface area contributed by atoms with E-state index < -0.39 is 0 Å². The topological polar surface area (TPSA) is 57.7 Å². The summed E-state index contributed by atoms with van der Waals surface area (Å²) < 4.78 is 0. The highest BCUT2D eigenvalue weighted by atomic mass is 16.2. The van der Waals surface area contributed by atoms with Crippen molar-refractivity contribution in [3.63, 3.8) is 0 Å². The van der Waals surface area contributed by atoms with Gasteiger partial charge in [0.25, 0.3) is 11.8 Å². The summed E-state index contributed by atoms with van der Waals surface area (Å²) in [7, 11) is 3.43. The molecular weight excluding hydrogens is 388 g/mol. The van der Waals surface area contributed by atoms with E-state index in [0.717, 1.165) is 16.7 Å². The molecule has 0 radical (unpaired) electrons. The zero-order valence-corrected chi connectivity index (χ0v) is 17.9. The molecule has 4 rings (SSSR count). The lowest BCUT2D eigenvalue weighted by atomic mass is 10.0. The van der Waals surface area contributed by atoms with Crippen molar-refractivity contribution in [3.8, 4) is 11.1 Å². The fourth-order valence-corrected chi connectivity index (χ4v) is 3.90. The monoisotopic (exact) mass is 412 g/mol. The summed E-state index contributed by atoms with van der Waals surface area (Å²) >= 11 is 0. The van der Waals surface area contributed by atoms with E-state index in [1.807, 2.05) is 49.4 Å². The van der Waals surface area contributed by atoms with E-state index in [1.165, 1.54) is 4.90 Å². The quantitative estimate of drug-likeness (QED) is 0.492. The molecule has 0 atom stereocenters. The van der Waals surface area contributed by atoms with Crippen LogP contribution in [0, 0.1) is 0 Å². The Balaban J connectivity index is 1.55. The molecule has 156 valence electrons. The van der Waals surface area contributed by atoms with E-state index in [9.17, 15) is 14.4 Å². The fourth-order valence-electron chi connectivity index (χ4n) is 3.90. The second kappa shape index (κ2) is 8.19. The van der Waals surface area contributed by atoms with Crippen LogP contribution in [0.15, 0.2) is 66.7 Å². The third-order valence-corrected chi connectivity index (χ3v) is 5.62. The van der Waals surface area contributed by atoms with Gasteiger partial charge in [-0.25, -0.2) is 0 Å². The molecule has 31 heavy (non-hydrogen) atoms. The maximum Gasteiger partial charge on any atom is 0.254 e. The smallest absolute Gasteiger partial charge is 0.254 e. The van der Waals surface area contributed by atoms with Crippen LogP contribution in [0.25, 0.3) is 11.1 Å². The van der Waals surface area contributed by atoms with E-state index in [-0.39, 0.29) is 17.6 Å². The molecule has 0 unspecified atom stereocenters. The van der Waals surface area contributed by atoms with Gasteiger partial charge in [-0.15, -0.1) is 0 Å². The molecule has 3 aromatic carbocycles. The van der Waals surface area contributed by atoms with Gasteiger partial charge in [-0.2, -0.15) is 0 Å². The molecule has 1 aliphatic rings. The first kappa shape index (κ1) is 20.5. The third kappa shape index (κ3) is 3.75. The number of nitrogens with zero attached hydrogens (tertiary/aromatic N) is 2. The van der Waals surface area contributed by atoms with Crippen molar-refractivity contribution in [2.45, 2.75) is 13.5 Å². The van der Waals surface area contributed by atoms with Gasteiger partial charge in [0.05, 0.1) is 0 Å². The number of hydrogen-bond acceptors (Lipinski definition) is 3. The lowest BCUT2D eigenvalue weighted by Gasteiger charge is -2.21. The van der Waals surface area contributed by atoms with Crippen LogP contribution in [0.1, 0.15) is 49.1 Å². The molecule has 0 spiro atoms. The van der Waals surface area contributed by atoms with Crippen molar-refractivity contribution in [1.82, 2.24) is 9.80 Å². The minimum absolute atomic E-state index is 0.0375. The Kier molecular flexibility index (Phi) is 5.42. The average molecular weight is 412 g/mol. The Labute approximate surface area is 181 Å². The normalized spacial score (nSPS) is 11.6. The zero-order chi connectivity index (χ0) is 22.1. The van der Waals surface area contributed by atoms with Gasteiger partial charge in [-0.1, -0.05) is 42.5 Å². The number of rotatable bonds is 5. The van der Waals surface area contributed by atoms with Gasteiger partial charge in [-0.3, -0.25) is 14.4 Å². The van der Waals surface area contributed by atoms with E-state index in [2.05, 4.69) is 0 Å². The fraction of sp³-hybridized carbons (Fsp3) is 0.192. The second-order valence-corrected chi connectivity index (χ2v) is 7.85. The van der Waals surface area contributed by atoms with Crippen LogP contribution in [-0.2, 0) is 6.54 Å². The first-order valence-electron chi connectivity index (χ1n) is 10.3. The molecule has 0 bridgehead atoms. The summed E-state index contributed by atoms with van der Waals surface area (Å²) in [6.07, 6.45) is 0. The number of fused-ring (bicyclic) bond motifs is 3. The van der Waals surface area contributed by atoms with E-state index >= 15 is 0 Å². The maximum atomic E-state index is 13.2. The van der Waals surface area contributed by atoms with Gasteiger partial charge in [0.15, 0.2) is 5.78 Å². The van der Waals surface area contributed by atoms with Gasteiger partial charge in [-0.05, 0) is 47.9 Å². The van der Waals surface area contributed by atoms with Crippen LogP contribution in [-0.4, -0.2) is 48.0 Å². The lowest BCUT2D eigenvalue weighted by molar-refractivity contribution is 0.0751. The molecule has 5 heteroatoms. The van der Waals surface area contributed by atoms with Gasteiger partial charge in [0.2, 0.25) is 0 Å². The Morgan fingerprint density at radius 2 is 1.35 bits per heavy atom. The number of hydrogen-bond donors (Lipinski definition) is 0. The highest BCUT2D eigenvalue weighted by Crippen LogP contribution is 2.36.